The maximum absolute atomic E-state index is 13.0. The summed E-state index contributed by atoms with van der Waals surface area (Å²) in [6.07, 6.45) is -0.320. The Labute approximate surface area is 184 Å². The van der Waals surface area contributed by atoms with Gasteiger partial charge in [0.1, 0.15) is 17.3 Å². The minimum atomic E-state index is -3.94. The fraction of sp³-hybridized carbons (Fsp3) is 0.850. The molecule has 178 valence electrons. The number of carbonyl (C=O) groups excluding carboxylic acids is 3. The van der Waals surface area contributed by atoms with Crippen molar-refractivity contribution in [3.05, 3.63) is 0 Å². The molecule has 0 aromatic rings. The summed E-state index contributed by atoms with van der Waals surface area (Å²) in [5.41, 5.74) is -1.51. The molecule has 0 radical (unpaired) electrons. The number of nitrogens with zero attached hydrogens (tertiary/aromatic N) is 2. The molecule has 11 heteroatoms. The maximum Gasteiger partial charge on any atom is 0.417 e. The normalized spacial score (nSPS) is 23.8. The van der Waals surface area contributed by atoms with Gasteiger partial charge in [0.05, 0.1) is 18.2 Å². The van der Waals surface area contributed by atoms with Crippen LogP contribution in [0.4, 0.5) is 9.59 Å². The fourth-order valence-electron chi connectivity index (χ4n) is 3.79. The minimum Gasteiger partial charge on any atom is -0.444 e. The third-order valence-electron chi connectivity index (χ3n) is 4.85. The molecule has 2 fully saturated rings. The molecule has 0 aromatic carbocycles. The van der Waals surface area contributed by atoms with E-state index in [1.807, 2.05) is 0 Å². The van der Waals surface area contributed by atoms with E-state index >= 15 is 0 Å². The van der Waals surface area contributed by atoms with Crippen molar-refractivity contribution in [2.24, 2.45) is 5.92 Å². The van der Waals surface area contributed by atoms with Gasteiger partial charge in [-0.3, -0.25) is 8.98 Å². The largest absolute Gasteiger partial charge is 0.444 e. The van der Waals surface area contributed by atoms with Crippen LogP contribution in [0.3, 0.4) is 0 Å². The van der Waals surface area contributed by atoms with Crippen molar-refractivity contribution in [2.45, 2.75) is 84.2 Å². The number of hydrogen-bond acceptors (Lipinski definition) is 8. The third-order valence-corrected chi connectivity index (χ3v) is 5.42. The van der Waals surface area contributed by atoms with Crippen molar-refractivity contribution in [3.8, 4) is 0 Å². The van der Waals surface area contributed by atoms with Crippen LogP contribution in [0, 0.1) is 5.92 Å². The SMILES string of the molecule is CC(C)(C)OC(=O)N1CCC(C(OS(C)(=O)=O)[C@H]2CCCN2C(=O)OC(C)(C)C)C1=O. The molecule has 0 bridgehead atoms. The number of carbonyl (C=O) groups is 3. The molecule has 3 amide bonds. The van der Waals surface area contributed by atoms with Gasteiger partial charge in [0.15, 0.2) is 0 Å². The van der Waals surface area contributed by atoms with Gasteiger partial charge >= 0.3 is 12.2 Å². The molecule has 2 rings (SSSR count). The lowest BCUT2D eigenvalue weighted by molar-refractivity contribution is -0.133. The van der Waals surface area contributed by atoms with E-state index in [0.29, 0.717) is 19.4 Å². The first kappa shape index (κ1) is 25.4. The number of rotatable bonds is 4. The molecule has 2 heterocycles. The molecule has 0 saturated carbocycles. The van der Waals surface area contributed by atoms with Gasteiger partial charge < -0.3 is 14.4 Å². The molecular formula is C20H34N2O8S. The lowest BCUT2D eigenvalue weighted by atomic mass is 9.93. The van der Waals surface area contributed by atoms with Crippen LogP contribution in [0.1, 0.15) is 60.8 Å². The molecule has 2 aliphatic rings. The Morgan fingerprint density at radius 1 is 0.968 bits per heavy atom. The first-order valence-corrected chi connectivity index (χ1v) is 12.2. The standard InChI is InChI=1S/C20H34N2O8S/c1-19(2,3)28-17(24)21-11-8-9-14(21)15(30-31(7,26)27)13-10-12-22(16(13)23)18(25)29-20(4,5)6/h13-15H,8-12H2,1-7H3/t13?,14-,15?/m1/s1. The van der Waals surface area contributed by atoms with Crippen LogP contribution >= 0.6 is 0 Å². The van der Waals surface area contributed by atoms with Crippen molar-refractivity contribution in [2.75, 3.05) is 19.3 Å². The van der Waals surface area contributed by atoms with Crippen LogP contribution in [-0.4, -0.2) is 79.0 Å². The van der Waals surface area contributed by atoms with E-state index in [0.717, 1.165) is 11.2 Å². The van der Waals surface area contributed by atoms with Crippen LogP contribution in [0.5, 0.6) is 0 Å². The van der Waals surface area contributed by atoms with Crippen LogP contribution < -0.4 is 0 Å². The lowest BCUT2D eigenvalue weighted by Crippen LogP contribution is -2.51. The van der Waals surface area contributed by atoms with Gasteiger partial charge in [0.25, 0.3) is 10.1 Å². The van der Waals surface area contributed by atoms with Gasteiger partial charge in [0, 0.05) is 13.1 Å². The Morgan fingerprint density at radius 2 is 1.52 bits per heavy atom. The number of hydrogen-bond donors (Lipinski definition) is 0. The van der Waals surface area contributed by atoms with E-state index in [4.69, 9.17) is 13.7 Å². The van der Waals surface area contributed by atoms with Gasteiger partial charge in [-0.05, 0) is 60.8 Å². The second kappa shape index (κ2) is 8.93. The molecular weight excluding hydrogens is 428 g/mol. The molecule has 2 aliphatic heterocycles. The minimum absolute atomic E-state index is 0.0845. The first-order valence-electron chi connectivity index (χ1n) is 10.4. The Morgan fingerprint density at radius 3 is 2.03 bits per heavy atom. The first-order chi connectivity index (χ1) is 14.0. The van der Waals surface area contributed by atoms with E-state index < -0.39 is 57.5 Å². The Balaban J connectivity index is 2.27. The molecule has 3 atom stereocenters. The molecule has 2 unspecified atom stereocenters. The highest BCUT2D eigenvalue weighted by Crippen LogP contribution is 2.34. The summed E-state index contributed by atoms with van der Waals surface area (Å²) in [7, 11) is -3.94. The number of likely N-dealkylation sites (tertiary alicyclic amines) is 2. The maximum atomic E-state index is 13.0. The van der Waals surface area contributed by atoms with Gasteiger partial charge in [-0.1, -0.05) is 0 Å². The highest BCUT2D eigenvalue weighted by Gasteiger charge is 2.49. The van der Waals surface area contributed by atoms with E-state index in [1.54, 1.807) is 41.5 Å². The molecule has 2 saturated heterocycles. The van der Waals surface area contributed by atoms with Crippen LogP contribution in [0.25, 0.3) is 0 Å². The molecule has 0 N–H and O–H groups in total. The average Bonchev–Trinajstić information content (AvgIpc) is 3.15. The van der Waals surface area contributed by atoms with Crippen molar-refractivity contribution in [3.63, 3.8) is 0 Å². The molecule has 31 heavy (non-hydrogen) atoms. The summed E-state index contributed by atoms with van der Waals surface area (Å²) in [6, 6.07) is -0.669. The fourth-order valence-corrected chi connectivity index (χ4v) is 4.45. The highest BCUT2D eigenvalue weighted by molar-refractivity contribution is 7.86. The monoisotopic (exact) mass is 462 g/mol. The van der Waals surface area contributed by atoms with Gasteiger partial charge in [-0.25, -0.2) is 14.5 Å². The van der Waals surface area contributed by atoms with E-state index in [-0.39, 0.29) is 13.0 Å². The summed E-state index contributed by atoms with van der Waals surface area (Å²) >= 11 is 0. The number of amides is 3. The third kappa shape index (κ3) is 7.06. The zero-order valence-electron chi connectivity index (χ0n) is 19.3. The molecule has 0 aliphatic carbocycles. The molecule has 0 spiro atoms. The lowest BCUT2D eigenvalue weighted by Gasteiger charge is -2.34. The van der Waals surface area contributed by atoms with Crippen molar-refractivity contribution in [1.82, 2.24) is 9.80 Å². The predicted molar refractivity (Wildman–Crippen MR) is 112 cm³/mol. The summed E-state index contributed by atoms with van der Waals surface area (Å²) in [6.45, 7) is 10.7. The zero-order valence-corrected chi connectivity index (χ0v) is 20.2. The van der Waals surface area contributed by atoms with Crippen molar-refractivity contribution in [1.29, 1.82) is 0 Å². The smallest absolute Gasteiger partial charge is 0.417 e. The topological polar surface area (TPSA) is 120 Å². The molecule has 10 nitrogen and oxygen atoms in total. The van der Waals surface area contributed by atoms with Crippen LogP contribution in [0.2, 0.25) is 0 Å². The summed E-state index contributed by atoms with van der Waals surface area (Å²) in [5, 5.41) is 0. The number of imide groups is 1. The molecule has 0 aromatic heterocycles. The Kier molecular flexibility index (Phi) is 7.31. The Hall–Kier alpha value is -1.88. The van der Waals surface area contributed by atoms with E-state index in [9.17, 15) is 22.8 Å². The second-order valence-electron chi connectivity index (χ2n) is 10.0. The summed E-state index contributed by atoms with van der Waals surface area (Å²) < 4.78 is 40.1. The van der Waals surface area contributed by atoms with E-state index in [2.05, 4.69) is 0 Å². The second-order valence-corrected chi connectivity index (χ2v) is 11.6. The van der Waals surface area contributed by atoms with Crippen LogP contribution in [0.15, 0.2) is 0 Å². The van der Waals surface area contributed by atoms with Crippen molar-refractivity contribution >= 4 is 28.2 Å². The Bertz CT molecular complexity index is 812. The van der Waals surface area contributed by atoms with Crippen LogP contribution in [-0.2, 0) is 28.6 Å². The highest BCUT2D eigenvalue weighted by atomic mass is 32.2. The summed E-state index contributed by atoms with van der Waals surface area (Å²) in [4.78, 5) is 40.5. The van der Waals surface area contributed by atoms with Crippen molar-refractivity contribution < 1.29 is 36.5 Å². The van der Waals surface area contributed by atoms with Gasteiger partial charge in [-0.15, -0.1) is 0 Å². The zero-order chi connectivity index (χ0) is 23.8. The van der Waals surface area contributed by atoms with Gasteiger partial charge in [-0.2, -0.15) is 8.42 Å². The predicted octanol–water partition coefficient (Wildman–Crippen LogP) is 2.51. The van der Waals surface area contributed by atoms with Gasteiger partial charge in [0.2, 0.25) is 5.91 Å². The number of ether oxygens (including phenoxy) is 2. The average molecular weight is 463 g/mol. The van der Waals surface area contributed by atoms with E-state index in [1.165, 1.54) is 4.90 Å². The quantitative estimate of drug-likeness (QED) is 0.585. The summed E-state index contributed by atoms with van der Waals surface area (Å²) in [5.74, 6) is -1.48.